The lowest BCUT2D eigenvalue weighted by Crippen LogP contribution is -2.49. The van der Waals surface area contributed by atoms with Gasteiger partial charge in [-0.25, -0.2) is 8.42 Å². The number of hydrogen-bond donors (Lipinski definition) is 0. The van der Waals surface area contributed by atoms with Crippen LogP contribution < -0.4 is 0 Å². The number of sulfonamides is 1. The van der Waals surface area contributed by atoms with Crippen molar-refractivity contribution in [1.29, 1.82) is 5.26 Å². The number of hydrogen-bond acceptors (Lipinski definition) is 8. The first-order chi connectivity index (χ1) is 13.6. The second kappa shape index (κ2) is 7.76. The fourth-order valence-corrected chi connectivity index (χ4v) is 5.23. The molecule has 0 atom stereocenters. The zero-order valence-corrected chi connectivity index (χ0v) is 16.5. The quantitative estimate of drug-likeness (QED) is 0.617. The Kier molecular flexibility index (Phi) is 5.19. The summed E-state index contributed by atoms with van der Waals surface area (Å²) >= 11 is 1.55. The van der Waals surface area contributed by atoms with Gasteiger partial charge >= 0.3 is 0 Å². The Labute approximate surface area is 166 Å². The average Bonchev–Trinajstić information content (AvgIpc) is 3.40. The number of tetrazole rings is 1. The molecule has 1 aliphatic rings. The summed E-state index contributed by atoms with van der Waals surface area (Å²) in [7, 11) is -3.69. The maximum Gasteiger partial charge on any atom is 0.244 e. The molecule has 144 valence electrons. The van der Waals surface area contributed by atoms with Crippen molar-refractivity contribution < 1.29 is 8.42 Å². The van der Waals surface area contributed by atoms with Crippen molar-refractivity contribution in [2.75, 3.05) is 26.2 Å². The second-order valence-electron chi connectivity index (χ2n) is 6.23. The summed E-state index contributed by atoms with van der Waals surface area (Å²) in [5.74, 6) is 0.587. The van der Waals surface area contributed by atoms with E-state index in [1.807, 2.05) is 23.6 Å². The molecule has 0 spiro atoms. The standard InChI is InChI=1S/C17H17N7O2S2/c18-12-14-4-1-2-6-16(14)28(25,26)23-9-7-22(8-10-23)13-24-20-17(19-21-24)15-5-3-11-27-15/h1-6,11H,7-10,13H2. The Morgan fingerprint density at radius 2 is 1.89 bits per heavy atom. The van der Waals surface area contributed by atoms with Gasteiger partial charge in [0, 0.05) is 26.2 Å². The van der Waals surface area contributed by atoms with Crippen molar-refractivity contribution >= 4 is 21.4 Å². The first-order valence-corrected chi connectivity index (χ1v) is 10.9. The Hall–Kier alpha value is -2.65. The molecule has 28 heavy (non-hydrogen) atoms. The number of piperazine rings is 1. The molecule has 3 heterocycles. The minimum atomic E-state index is -3.69. The van der Waals surface area contributed by atoms with Crippen molar-refractivity contribution in [3.05, 3.63) is 47.3 Å². The predicted molar refractivity (Wildman–Crippen MR) is 103 cm³/mol. The molecule has 3 aromatic rings. The van der Waals surface area contributed by atoms with Crippen LogP contribution in [0.1, 0.15) is 5.56 Å². The van der Waals surface area contributed by atoms with Gasteiger partial charge in [-0.3, -0.25) is 4.90 Å². The zero-order valence-electron chi connectivity index (χ0n) is 14.8. The fourth-order valence-electron chi connectivity index (χ4n) is 3.02. The topological polar surface area (TPSA) is 108 Å². The lowest BCUT2D eigenvalue weighted by atomic mass is 10.2. The highest BCUT2D eigenvalue weighted by Crippen LogP contribution is 2.22. The minimum Gasteiger partial charge on any atom is -0.280 e. The number of nitriles is 1. The maximum absolute atomic E-state index is 12.9. The number of rotatable bonds is 5. The van der Waals surface area contributed by atoms with Crippen LogP contribution in [0.4, 0.5) is 0 Å². The highest BCUT2D eigenvalue weighted by Gasteiger charge is 2.30. The molecule has 0 aliphatic carbocycles. The highest BCUT2D eigenvalue weighted by molar-refractivity contribution is 7.89. The van der Waals surface area contributed by atoms with E-state index in [0.717, 1.165) is 4.88 Å². The summed E-state index contributed by atoms with van der Waals surface area (Å²) in [6.07, 6.45) is 0. The normalized spacial score (nSPS) is 16.1. The number of thiophene rings is 1. The number of nitrogens with zero attached hydrogens (tertiary/aromatic N) is 7. The molecular weight excluding hydrogens is 398 g/mol. The SMILES string of the molecule is N#Cc1ccccc1S(=O)(=O)N1CCN(Cn2nnc(-c3cccs3)n2)CC1. The van der Waals surface area contributed by atoms with Gasteiger partial charge in [0.05, 0.1) is 15.3 Å². The molecule has 1 fully saturated rings. The van der Waals surface area contributed by atoms with Crippen molar-refractivity contribution in [3.8, 4) is 16.8 Å². The van der Waals surface area contributed by atoms with Gasteiger partial charge < -0.3 is 0 Å². The van der Waals surface area contributed by atoms with E-state index in [1.165, 1.54) is 21.2 Å². The molecule has 9 nitrogen and oxygen atoms in total. The largest absolute Gasteiger partial charge is 0.280 e. The molecule has 11 heteroatoms. The van der Waals surface area contributed by atoms with Crippen LogP contribution in [0.2, 0.25) is 0 Å². The Bertz CT molecular complexity index is 1090. The van der Waals surface area contributed by atoms with Crippen LogP contribution >= 0.6 is 11.3 Å². The van der Waals surface area contributed by atoms with E-state index >= 15 is 0 Å². The van der Waals surface area contributed by atoms with E-state index in [4.69, 9.17) is 0 Å². The number of aromatic nitrogens is 4. The van der Waals surface area contributed by atoms with Crippen LogP contribution in [0.25, 0.3) is 10.7 Å². The molecule has 0 N–H and O–H groups in total. The first-order valence-electron chi connectivity index (χ1n) is 8.61. The molecule has 1 aromatic carbocycles. The lowest BCUT2D eigenvalue weighted by Gasteiger charge is -2.33. The Balaban J connectivity index is 1.40. The molecule has 0 radical (unpaired) electrons. The Morgan fingerprint density at radius 3 is 2.61 bits per heavy atom. The predicted octanol–water partition coefficient (Wildman–Crippen LogP) is 1.24. The van der Waals surface area contributed by atoms with Crippen molar-refractivity contribution in [2.24, 2.45) is 0 Å². The van der Waals surface area contributed by atoms with Gasteiger partial charge in [-0.2, -0.15) is 9.57 Å². The minimum absolute atomic E-state index is 0.0597. The zero-order chi connectivity index (χ0) is 19.6. The van der Waals surface area contributed by atoms with Gasteiger partial charge in [-0.15, -0.1) is 26.3 Å². The van der Waals surface area contributed by atoms with Crippen molar-refractivity contribution in [1.82, 2.24) is 29.4 Å². The van der Waals surface area contributed by atoms with E-state index in [9.17, 15) is 13.7 Å². The molecule has 0 unspecified atom stereocenters. The van der Waals surface area contributed by atoms with Crippen molar-refractivity contribution in [3.63, 3.8) is 0 Å². The van der Waals surface area contributed by atoms with Gasteiger partial charge in [0.1, 0.15) is 12.7 Å². The van der Waals surface area contributed by atoms with Crippen LogP contribution in [0.3, 0.4) is 0 Å². The van der Waals surface area contributed by atoms with E-state index in [2.05, 4.69) is 20.3 Å². The maximum atomic E-state index is 12.9. The first kappa shape index (κ1) is 18.7. The molecule has 0 bridgehead atoms. The smallest absolute Gasteiger partial charge is 0.244 e. The van der Waals surface area contributed by atoms with Gasteiger partial charge in [-0.1, -0.05) is 18.2 Å². The molecule has 1 aliphatic heterocycles. The van der Waals surface area contributed by atoms with Gasteiger partial charge in [0.2, 0.25) is 15.8 Å². The third kappa shape index (κ3) is 3.67. The van der Waals surface area contributed by atoms with Gasteiger partial charge in [0.25, 0.3) is 0 Å². The van der Waals surface area contributed by atoms with Crippen LogP contribution in [0, 0.1) is 11.3 Å². The molecule has 2 aromatic heterocycles. The summed E-state index contributed by atoms with van der Waals surface area (Å²) in [5, 5.41) is 23.7. The molecule has 1 saturated heterocycles. The summed E-state index contributed by atoms with van der Waals surface area (Å²) in [5.41, 5.74) is 0.165. The van der Waals surface area contributed by atoms with Crippen LogP contribution in [-0.2, 0) is 16.7 Å². The molecule has 4 rings (SSSR count). The van der Waals surface area contributed by atoms with E-state index in [1.54, 1.807) is 23.5 Å². The highest BCUT2D eigenvalue weighted by atomic mass is 32.2. The van der Waals surface area contributed by atoms with E-state index < -0.39 is 10.0 Å². The lowest BCUT2D eigenvalue weighted by molar-refractivity contribution is 0.136. The fraction of sp³-hybridized carbons (Fsp3) is 0.294. The Morgan fingerprint density at radius 1 is 1.11 bits per heavy atom. The second-order valence-corrected chi connectivity index (χ2v) is 9.09. The molecule has 0 saturated carbocycles. The van der Waals surface area contributed by atoms with Gasteiger partial charge in [-0.05, 0) is 28.8 Å². The third-order valence-electron chi connectivity index (χ3n) is 4.48. The van der Waals surface area contributed by atoms with Crippen molar-refractivity contribution in [2.45, 2.75) is 11.6 Å². The number of benzene rings is 1. The van der Waals surface area contributed by atoms with E-state index in [0.29, 0.717) is 38.7 Å². The third-order valence-corrected chi connectivity index (χ3v) is 7.30. The van der Waals surface area contributed by atoms with E-state index in [-0.39, 0.29) is 10.5 Å². The molecule has 0 amide bonds. The van der Waals surface area contributed by atoms with Crippen LogP contribution in [0.5, 0.6) is 0 Å². The molecular formula is C17H17N7O2S2. The monoisotopic (exact) mass is 415 g/mol. The van der Waals surface area contributed by atoms with Crippen LogP contribution in [0.15, 0.2) is 46.7 Å². The summed E-state index contributed by atoms with van der Waals surface area (Å²) in [6.45, 7) is 2.22. The average molecular weight is 416 g/mol. The van der Waals surface area contributed by atoms with Gasteiger partial charge in [0.15, 0.2) is 0 Å². The summed E-state index contributed by atoms with van der Waals surface area (Å²) in [6, 6.07) is 12.1. The summed E-state index contributed by atoms with van der Waals surface area (Å²) < 4.78 is 27.2. The van der Waals surface area contributed by atoms with Crippen LogP contribution in [-0.4, -0.2) is 64.0 Å². The summed E-state index contributed by atoms with van der Waals surface area (Å²) in [4.78, 5) is 4.61.